The monoisotopic (exact) mass is 216 g/mol. The smallest absolute Gasteiger partial charge is 0.121 e. The van der Waals surface area contributed by atoms with E-state index in [-0.39, 0.29) is 0 Å². The van der Waals surface area contributed by atoms with Crippen molar-refractivity contribution in [3.63, 3.8) is 0 Å². The van der Waals surface area contributed by atoms with Crippen molar-refractivity contribution in [1.29, 1.82) is 0 Å². The summed E-state index contributed by atoms with van der Waals surface area (Å²) in [6, 6.07) is 6.25. The van der Waals surface area contributed by atoms with Crippen LogP contribution in [-0.2, 0) is 6.54 Å². The van der Waals surface area contributed by atoms with E-state index in [1.807, 2.05) is 25.4 Å². The van der Waals surface area contributed by atoms with Crippen LogP contribution in [-0.4, -0.2) is 16.7 Å². The van der Waals surface area contributed by atoms with Crippen molar-refractivity contribution in [2.24, 2.45) is 0 Å². The number of nitrogens with zero attached hydrogens (tertiary/aromatic N) is 2. The number of hydrogen-bond donors (Lipinski definition) is 0. The van der Waals surface area contributed by atoms with Gasteiger partial charge in [0, 0.05) is 18.9 Å². The predicted molar refractivity (Wildman–Crippen MR) is 63.8 cm³/mol. The lowest BCUT2D eigenvalue weighted by molar-refractivity contribution is 0.411. The number of aryl methyl sites for hydroxylation is 2. The van der Waals surface area contributed by atoms with Crippen molar-refractivity contribution in [3.8, 4) is 5.75 Å². The van der Waals surface area contributed by atoms with Gasteiger partial charge in [-0.3, -0.25) is 0 Å². The lowest BCUT2D eigenvalue weighted by Crippen LogP contribution is -2.01. The van der Waals surface area contributed by atoms with Gasteiger partial charge in [0.05, 0.1) is 7.11 Å². The van der Waals surface area contributed by atoms with Crippen LogP contribution >= 0.6 is 0 Å². The van der Waals surface area contributed by atoms with Crippen molar-refractivity contribution < 1.29 is 4.74 Å². The molecule has 0 fully saturated rings. The molecule has 0 N–H and O–H groups in total. The van der Waals surface area contributed by atoms with Crippen LogP contribution in [0.5, 0.6) is 5.75 Å². The predicted octanol–water partition coefficient (Wildman–Crippen LogP) is 2.56. The van der Waals surface area contributed by atoms with Gasteiger partial charge in [0.1, 0.15) is 11.6 Å². The number of imidazole rings is 1. The normalized spacial score (nSPS) is 10.4. The minimum atomic E-state index is 0.858. The lowest BCUT2D eigenvalue weighted by Gasteiger charge is -2.09. The first-order chi connectivity index (χ1) is 7.70. The second-order valence-corrected chi connectivity index (χ2v) is 3.91. The fraction of sp³-hybridized carbons (Fsp3) is 0.308. The molecule has 16 heavy (non-hydrogen) atoms. The van der Waals surface area contributed by atoms with E-state index in [2.05, 4.69) is 28.6 Å². The molecule has 1 heterocycles. The Kier molecular flexibility index (Phi) is 2.95. The molecule has 0 atom stereocenters. The average Bonchev–Trinajstić information content (AvgIpc) is 2.65. The van der Waals surface area contributed by atoms with E-state index in [0.717, 1.165) is 23.7 Å². The molecule has 2 rings (SSSR count). The van der Waals surface area contributed by atoms with Gasteiger partial charge in [-0.25, -0.2) is 4.98 Å². The molecule has 2 aromatic rings. The molecule has 0 saturated heterocycles. The highest BCUT2D eigenvalue weighted by atomic mass is 16.5. The molecule has 0 amide bonds. The van der Waals surface area contributed by atoms with Gasteiger partial charge < -0.3 is 9.30 Å². The first-order valence-electron chi connectivity index (χ1n) is 5.32. The topological polar surface area (TPSA) is 27.1 Å². The van der Waals surface area contributed by atoms with Crippen molar-refractivity contribution in [2.45, 2.75) is 20.4 Å². The minimum absolute atomic E-state index is 0.858. The van der Waals surface area contributed by atoms with E-state index in [9.17, 15) is 0 Å². The zero-order valence-corrected chi connectivity index (χ0v) is 9.90. The summed E-state index contributed by atoms with van der Waals surface area (Å²) in [5.41, 5.74) is 2.43. The summed E-state index contributed by atoms with van der Waals surface area (Å²) >= 11 is 0. The van der Waals surface area contributed by atoms with E-state index >= 15 is 0 Å². The van der Waals surface area contributed by atoms with Gasteiger partial charge in [0.25, 0.3) is 0 Å². The summed E-state index contributed by atoms with van der Waals surface area (Å²) in [6.45, 7) is 4.93. The van der Waals surface area contributed by atoms with Crippen LogP contribution in [0.1, 0.15) is 17.0 Å². The zero-order chi connectivity index (χ0) is 11.5. The standard InChI is InChI=1S/C13H16N2O/c1-10-8-12(4-5-13(10)16-3)9-15-7-6-14-11(15)2/h4-8H,9H2,1-3H3. The lowest BCUT2D eigenvalue weighted by atomic mass is 10.1. The van der Waals surface area contributed by atoms with Crippen LogP contribution in [0.15, 0.2) is 30.6 Å². The largest absolute Gasteiger partial charge is 0.496 e. The molecule has 3 heteroatoms. The van der Waals surface area contributed by atoms with Gasteiger partial charge >= 0.3 is 0 Å². The number of methoxy groups -OCH3 is 1. The van der Waals surface area contributed by atoms with Crippen LogP contribution in [0.25, 0.3) is 0 Å². The number of rotatable bonds is 3. The van der Waals surface area contributed by atoms with Crippen LogP contribution < -0.4 is 4.74 Å². The molecule has 0 aliphatic rings. The highest BCUT2D eigenvalue weighted by molar-refractivity contribution is 5.36. The Bertz CT molecular complexity index is 488. The number of hydrogen-bond acceptors (Lipinski definition) is 2. The van der Waals surface area contributed by atoms with E-state index < -0.39 is 0 Å². The second-order valence-electron chi connectivity index (χ2n) is 3.91. The van der Waals surface area contributed by atoms with Gasteiger partial charge in [0.2, 0.25) is 0 Å². The maximum Gasteiger partial charge on any atom is 0.121 e. The van der Waals surface area contributed by atoms with Gasteiger partial charge in [-0.05, 0) is 31.0 Å². The van der Waals surface area contributed by atoms with Crippen molar-refractivity contribution in [3.05, 3.63) is 47.5 Å². The van der Waals surface area contributed by atoms with Crippen molar-refractivity contribution in [2.75, 3.05) is 7.11 Å². The van der Waals surface area contributed by atoms with Crippen LogP contribution in [0.4, 0.5) is 0 Å². The number of ether oxygens (including phenoxy) is 1. The Morgan fingerprint density at radius 3 is 2.69 bits per heavy atom. The quantitative estimate of drug-likeness (QED) is 0.788. The highest BCUT2D eigenvalue weighted by Gasteiger charge is 2.02. The average molecular weight is 216 g/mol. The summed E-state index contributed by atoms with van der Waals surface area (Å²) in [5.74, 6) is 1.97. The third-order valence-corrected chi connectivity index (χ3v) is 2.74. The Balaban J connectivity index is 2.23. The van der Waals surface area contributed by atoms with Crippen molar-refractivity contribution >= 4 is 0 Å². The number of benzene rings is 1. The molecule has 0 radical (unpaired) electrons. The molecule has 1 aromatic heterocycles. The van der Waals surface area contributed by atoms with Crippen molar-refractivity contribution in [1.82, 2.24) is 9.55 Å². The molecule has 1 aromatic carbocycles. The summed E-state index contributed by atoms with van der Waals surface area (Å²) in [4.78, 5) is 4.21. The molecule has 0 unspecified atom stereocenters. The Morgan fingerprint density at radius 2 is 2.12 bits per heavy atom. The highest BCUT2D eigenvalue weighted by Crippen LogP contribution is 2.19. The summed E-state index contributed by atoms with van der Waals surface area (Å²) < 4.78 is 7.37. The van der Waals surface area contributed by atoms with Gasteiger partial charge in [-0.15, -0.1) is 0 Å². The first kappa shape index (κ1) is 10.7. The first-order valence-corrected chi connectivity index (χ1v) is 5.32. The molecular weight excluding hydrogens is 200 g/mol. The maximum absolute atomic E-state index is 5.24. The fourth-order valence-corrected chi connectivity index (χ4v) is 1.81. The van der Waals surface area contributed by atoms with E-state index in [1.165, 1.54) is 5.56 Å². The third kappa shape index (κ3) is 2.08. The van der Waals surface area contributed by atoms with E-state index in [0.29, 0.717) is 0 Å². The molecule has 0 aliphatic heterocycles. The molecule has 0 spiro atoms. The Morgan fingerprint density at radius 1 is 1.31 bits per heavy atom. The SMILES string of the molecule is COc1ccc(Cn2ccnc2C)cc1C. The van der Waals surface area contributed by atoms with Gasteiger partial charge in [-0.2, -0.15) is 0 Å². The summed E-state index contributed by atoms with van der Waals surface area (Å²) in [5, 5.41) is 0. The molecule has 3 nitrogen and oxygen atoms in total. The van der Waals surface area contributed by atoms with Crippen LogP contribution in [0.2, 0.25) is 0 Å². The summed E-state index contributed by atoms with van der Waals surface area (Å²) in [6.07, 6.45) is 3.82. The fourth-order valence-electron chi connectivity index (χ4n) is 1.81. The molecular formula is C13H16N2O. The van der Waals surface area contributed by atoms with Gasteiger partial charge in [-0.1, -0.05) is 12.1 Å². The Hall–Kier alpha value is -1.77. The van der Waals surface area contributed by atoms with Gasteiger partial charge in [0.15, 0.2) is 0 Å². The molecule has 84 valence electrons. The van der Waals surface area contributed by atoms with Crippen LogP contribution in [0.3, 0.4) is 0 Å². The van der Waals surface area contributed by atoms with E-state index in [1.54, 1.807) is 7.11 Å². The second kappa shape index (κ2) is 4.39. The Labute approximate surface area is 95.7 Å². The molecule has 0 aliphatic carbocycles. The zero-order valence-electron chi connectivity index (χ0n) is 9.90. The minimum Gasteiger partial charge on any atom is -0.496 e. The molecule has 0 saturated carbocycles. The third-order valence-electron chi connectivity index (χ3n) is 2.74. The molecule has 0 bridgehead atoms. The van der Waals surface area contributed by atoms with E-state index in [4.69, 9.17) is 4.74 Å². The number of aromatic nitrogens is 2. The van der Waals surface area contributed by atoms with Crippen LogP contribution in [0, 0.1) is 13.8 Å². The maximum atomic E-state index is 5.24. The summed E-state index contributed by atoms with van der Waals surface area (Å²) in [7, 11) is 1.70.